The molecule has 4 heterocycles. The first-order valence-electron chi connectivity index (χ1n) is 11.1. The fraction of sp³-hybridized carbons (Fsp3) is 0.455. The van der Waals surface area contributed by atoms with E-state index in [4.69, 9.17) is 4.74 Å². The summed E-state index contributed by atoms with van der Waals surface area (Å²) in [5.41, 5.74) is 0.358. The van der Waals surface area contributed by atoms with Gasteiger partial charge in [-0.05, 0) is 12.1 Å². The van der Waals surface area contributed by atoms with E-state index in [9.17, 15) is 18.7 Å². The van der Waals surface area contributed by atoms with Crippen LogP contribution in [0.1, 0.15) is 19.2 Å². The molecule has 34 heavy (non-hydrogen) atoms. The van der Waals surface area contributed by atoms with Crippen LogP contribution >= 0.6 is 0 Å². The maximum absolute atomic E-state index is 14.0. The number of carbonyl (C=O) groups is 1. The predicted octanol–water partition coefficient (Wildman–Crippen LogP) is 1.96. The van der Waals surface area contributed by atoms with E-state index in [1.165, 1.54) is 10.6 Å². The van der Waals surface area contributed by atoms with Crippen LogP contribution in [0.15, 0.2) is 24.3 Å². The van der Waals surface area contributed by atoms with Gasteiger partial charge in [0, 0.05) is 52.3 Å². The van der Waals surface area contributed by atoms with Crippen LogP contribution in [-0.4, -0.2) is 87.9 Å². The van der Waals surface area contributed by atoms with Crippen molar-refractivity contribution in [3.05, 3.63) is 30.1 Å². The molecule has 3 aromatic rings. The van der Waals surface area contributed by atoms with Gasteiger partial charge >= 0.3 is 0 Å². The minimum Gasteiger partial charge on any atom is -0.506 e. The Morgan fingerprint density at radius 3 is 2.26 bits per heavy atom. The number of fused-ring (bicyclic) bond motifs is 1. The third-order valence-corrected chi connectivity index (χ3v) is 6.16. The molecule has 10 nitrogen and oxygen atoms in total. The molecule has 1 aromatic carbocycles. The molecular formula is C22H25F2N7O3. The fourth-order valence-corrected chi connectivity index (χ4v) is 4.34. The summed E-state index contributed by atoms with van der Waals surface area (Å²) in [4.78, 5) is 30.8. The molecule has 1 N–H and O–H groups in total. The molecule has 1 amide bonds. The van der Waals surface area contributed by atoms with Crippen LogP contribution in [0.25, 0.3) is 17.0 Å². The van der Waals surface area contributed by atoms with Crippen molar-refractivity contribution < 1.29 is 23.4 Å². The van der Waals surface area contributed by atoms with Gasteiger partial charge in [0.15, 0.2) is 5.82 Å². The molecule has 2 aromatic heterocycles. The zero-order chi connectivity index (χ0) is 23.8. The van der Waals surface area contributed by atoms with Crippen LogP contribution in [0.3, 0.4) is 0 Å². The third kappa shape index (κ3) is 4.09. The quantitative estimate of drug-likeness (QED) is 0.614. The number of para-hydroxylation sites is 1. The first-order valence-corrected chi connectivity index (χ1v) is 11.1. The molecule has 2 aliphatic rings. The van der Waals surface area contributed by atoms with Gasteiger partial charge in [-0.25, -0.2) is 13.8 Å². The van der Waals surface area contributed by atoms with Crippen LogP contribution < -0.4 is 9.80 Å². The van der Waals surface area contributed by atoms with Crippen molar-refractivity contribution in [1.29, 1.82) is 0 Å². The highest BCUT2D eigenvalue weighted by molar-refractivity contribution is 5.83. The number of phenolic OH excluding ortho intramolecular Hbond substituents is 1. The summed E-state index contributed by atoms with van der Waals surface area (Å²) in [6, 6.07) is 6.42. The maximum Gasteiger partial charge on any atom is 0.296 e. The Hall–Kier alpha value is -3.54. The van der Waals surface area contributed by atoms with Gasteiger partial charge in [0.2, 0.25) is 11.9 Å². The Balaban J connectivity index is 1.63. The number of imidazole rings is 1. The van der Waals surface area contributed by atoms with Crippen molar-refractivity contribution in [2.45, 2.75) is 13.3 Å². The van der Waals surface area contributed by atoms with Crippen LogP contribution in [-0.2, 0) is 9.53 Å². The molecule has 2 fully saturated rings. The van der Waals surface area contributed by atoms with E-state index in [1.54, 1.807) is 24.0 Å². The average Bonchev–Trinajstić information content (AvgIpc) is 3.26. The van der Waals surface area contributed by atoms with E-state index in [-0.39, 0.29) is 23.1 Å². The second-order valence-electron chi connectivity index (χ2n) is 8.23. The Labute approximate surface area is 194 Å². The molecule has 2 aliphatic heterocycles. The zero-order valence-electron chi connectivity index (χ0n) is 18.7. The lowest BCUT2D eigenvalue weighted by Gasteiger charge is -2.35. The Morgan fingerprint density at radius 1 is 1.00 bits per heavy atom. The molecule has 0 unspecified atom stereocenters. The molecule has 0 saturated carbocycles. The lowest BCUT2D eigenvalue weighted by atomic mass is 10.3. The summed E-state index contributed by atoms with van der Waals surface area (Å²) in [5.74, 6) is 0.516. The SMILES string of the molecule is CC(=O)N1CCN(c2cc(N3CCOCC3)nc(-n3c(C(F)F)nc4c(O)cccc43)n2)CC1. The molecule has 180 valence electrons. The van der Waals surface area contributed by atoms with Crippen molar-refractivity contribution in [2.24, 2.45) is 0 Å². The third-order valence-electron chi connectivity index (χ3n) is 6.16. The highest BCUT2D eigenvalue weighted by Gasteiger charge is 2.27. The van der Waals surface area contributed by atoms with Gasteiger partial charge in [0.1, 0.15) is 22.9 Å². The highest BCUT2D eigenvalue weighted by atomic mass is 19.3. The van der Waals surface area contributed by atoms with E-state index in [0.29, 0.717) is 69.6 Å². The summed E-state index contributed by atoms with van der Waals surface area (Å²) in [5, 5.41) is 10.2. The van der Waals surface area contributed by atoms with Gasteiger partial charge in [-0.2, -0.15) is 9.97 Å². The maximum atomic E-state index is 14.0. The number of piperazine rings is 1. The number of phenols is 1. The Bertz CT molecular complexity index is 1200. The smallest absolute Gasteiger partial charge is 0.296 e. The van der Waals surface area contributed by atoms with Crippen molar-refractivity contribution >= 4 is 28.6 Å². The fourth-order valence-electron chi connectivity index (χ4n) is 4.34. The Morgan fingerprint density at radius 2 is 1.65 bits per heavy atom. The van der Waals surface area contributed by atoms with Crippen LogP contribution in [0.4, 0.5) is 20.4 Å². The molecule has 0 spiro atoms. The number of alkyl halides is 2. The van der Waals surface area contributed by atoms with E-state index < -0.39 is 12.2 Å². The second-order valence-corrected chi connectivity index (χ2v) is 8.23. The van der Waals surface area contributed by atoms with Crippen molar-refractivity contribution in [3.8, 4) is 11.7 Å². The van der Waals surface area contributed by atoms with Crippen molar-refractivity contribution in [1.82, 2.24) is 24.4 Å². The van der Waals surface area contributed by atoms with Gasteiger partial charge in [0.25, 0.3) is 6.43 Å². The van der Waals surface area contributed by atoms with Crippen LogP contribution in [0, 0.1) is 0 Å². The molecule has 0 bridgehead atoms. The number of anilines is 2. The number of aromatic nitrogens is 4. The summed E-state index contributed by atoms with van der Waals surface area (Å²) in [6.45, 7) is 6.06. The topological polar surface area (TPSA) is 99.9 Å². The number of aromatic hydroxyl groups is 1. The number of halogens is 2. The summed E-state index contributed by atoms with van der Waals surface area (Å²) in [6.07, 6.45) is -2.90. The van der Waals surface area contributed by atoms with E-state index in [1.807, 2.05) is 15.9 Å². The number of amides is 1. The van der Waals surface area contributed by atoms with Gasteiger partial charge in [-0.15, -0.1) is 0 Å². The summed E-state index contributed by atoms with van der Waals surface area (Å²) < 4.78 is 34.7. The van der Waals surface area contributed by atoms with Gasteiger partial charge in [-0.3, -0.25) is 9.36 Å². The normalized spacial score (nSPS) is 17.1. The standard InChI is InChI=1S/C22H25F2N7O3/c1-14(32)28-5-7-29(8-6-28)17-13-18(30-9-11-34-12-10-30)26-22(25-17)31-15-3-2-4-16(33)19(15)27-21(31)20(23)24/h2-4,13,20,33H,5-12H2,1H3. The Kier molecular flexibility index (Phi) is 5.90. The monoisotopic (exact) mass is 473 g/mol. The van der Waals surface area contributed by atoms with E-state index in [2.05, 4.69) is 15.0 Å². The number of carbonyl (C=O) groups excluding carboxylic acids is 1. The number of nitrogens with zero attached hydrogens (tertiary/aromatic N) is 7. The number of rotatable bonds is 4. The molecule has 5 rings (SSSR count). The lowest BCUT2D eigenvalue weighted by Crippen LogP contribution is -2.48. The summed E-state index contributed by atoms with van der Waals surface area (Å²) >= 11 is 0. The molecule has 0 atom stereocenters. The molecule has 2 saturated heterocycles. The number of hydrogen-bond donors (Lipinski definition) is 1. The number of morpholine rings is 1. The minimum atomic E-state index is -2.90. The van der Waals surface area contributed by atoms with Crippen molar-refractivity contribution in [3.63, 3.8) is 0 Å². The molecule has 0 aliphatic carbocycles. The predicted molar refractivity (Wildman–Crippen MR) is 121 cm³/mol. The van der Waals surface area contributed by atoms with Crippen LogP contribution in [0.2, 0.25) is 0 Å². The largest absolute Gasteiger partial charge is 0.506 e. The molecule has 0 radical (unpaired) electrons. The molecule has 12 heteroatoms. The second kappa shape index (κ2) is 9.01. The van der Waals surface area contributed by atoms with Gasteiger partial charge < -0.3 is 24.5 Å². The highest BCUT2D eigenvalue weighted by Crippen LogP contribution is 2.32. The number of hydrogen-bond acceptors (Lipinski definition) is 8. The lowest BCUT2D eigenvalue weighted by molar-refractivity contribution is -0.129. The van der Waals surface area contributed by atoms with Crippen LogP contribution in [0.5, 0.6) is 5.75 Å². The van der Waals surface area contributed by atoms with E-state index >= 15 is 0 Å². The van der Waals surface area contributed by atoms with Gasteiger partial charge in [0.05, 0.1) is 18.7 Å². The van der Waals surface area contributed by atoms with Crippen molar-refractivity contribution in [2.75, 3.05) is 62.3 Å². The van der Waals surface area contributed by atoms with E-state index in [0.717, 1.165) is 0 Å². The van der Waals surface area contributed by atoms with Gasteiger partial charge in [-0.1, -0.05) is 6.07 Å². The number of ether oxygens (including phenoxy) is 1. The summed E-state index contributed by atoms with van der Waals surface area (Å²) in [7, 11) is 0. The first kappa shape index (κ1) is 22.3. The molecular weight excluding hydrogens is 448 g/mol. The number of benzene rings is 1. The first-order chi connectivity index (χ1) is 16.4. The zero-order valence-corrected chi connectivity index (χ0v) is 18.7. The average molecular weight is 473 g/mol. The minimum absolute atomic E-state index is 0.0169.